The zero-order valence-corrected chi connectivity index (χ0v) is 18.5. The molecule has 0 spiro atoms. The van der Waals surface area contributed by atoms with Crippen molar-refractivity contribution < 1.29 is 32.3 Å². The molecule has 2 atom stereocenters. The molecule has 1 N–H and O–H groups in total. The zero-order chi connectivity index (χ0) is 24.6. The Balaban J connectivity index is 1.47. The van der Waals surface area contributed by atoms with E-state index in [4.69, 9.17) is 5.11 Å². The van der Waals surface area contributed by atoms with Gasteiger partial charge in [0.2, 0.25) is 0 Å². The summed E-state index contributed by atoms with van der Waals surface area (Å²) in [5, 5.41) is 12.8. The van der Waals surface area contributed by atoms with Crippen LogP contribution >= 0.6 is 0 Å². The molecule has 34 heavy (non-hydrogen) atoms. The molecule has 2 aliphatic heterocycles. The maximum Gasteiger partial charge on any atom is 0.416 e. The van der Waals surface area contributed by atoms with Crippen LogP contribution in [0, 0.1) is 0 Å². The molecule has 1 aromatic carbocycles. The maximum absolute atomic E-state index is 13.8. The van der Waals surface area contributed by atoms with Gasteiger partial charge in [-0.2, -0.15) is 23.0 Å². The maximum atomic E-state index is 13.8. The van der Waals surface area contributed by atoms with Crippen molar-refractivity contribution in [2.75, 3.05) is 37.6 Å². The summed E-state index contributed by atoms with van der Waals surface area (Å²) in [6.45, 7) is 3.89. The standard InChI is InChI=1S/C22H25F4N5O3/c1-14-11-28(8-9-30(14)21(34)31-7-5-18(27-31)20(32)33)12-15-2-3-16(22(24,25)26)10-19(15)29-6-4-17(23)13-29/h2-3,5,7,10,14,17H,4,6,8-9,11-13H2,1H3,(H,32,33)/t14-,17-/m0/s1. The number of carboxylic acids is 1. The van der Waals surface area contributed by atoms with E-state index in [1.54, 1.807) is 9.80 Å². The molecule has 184 valence electrons. The van der Waals surface area contributed by atoms with E-state index < -0.39 is 29.9 Å². The number of nitrogens with zero attached hydrogens (tertiary/aromatic N) is 5. The summed E-state index contributed by atoms with van der Waals surface area (Å²) in [6.07, 6.45) is -3.98. The summed E-state index contributed by atoms with van der Waals surface area (Å²) in [5.41, 5.74) is 0.0651. The van der Waals surface area contributed by atoms with Crippen molar-refractivity contribution in [3.05, 3.63) is 47.3 Å². The molecule has 2 fully saturated rings. The first-order valence-corrected chi connectivity index (χ1v) is 10.9. The number of piperazine rings is 1. The highest BCUT2D eigenvalue weighted by atomic mass is 19.4. The summed E-state index contributed by atoms with van der Waals surface area (Å²) in [4.78, 5) is 29.1. The number of carbonyl (C=O) groups is 2. The molecule has 12 heteroatoms. The number of hydrogen-bond donors (Lipinski definition) is 1. The predicted octanol–water partition coefficient (Wildman–Crippen LogP) is 3.32. The molecule has 2 aromatic rings. The summed E-state index contributed by atoms with van der Waals surface area (Å²) in [6, 6.07) is 4.15. The van der Waals surface area contributed by atoms with Crippen molar-refractivity contribution in [2.45, 2.75) is 38.3 Å². The first-order chi connectivity index (χ1) is 16.0. The monoisotopic (exact) mass is 483 g/mol. The SMILES string of the molecule is C[C@H]1CN(Cc2ccc(C(F)(F)F)cc2N2CC[C@H](F)C2)CCN1C(=O)n1ccc(C(=O)O)n1. The molecular weight excluding hydrogens is 458 g/mol. The van der Waals surface area contributed by atoms with Gasteiger partial charge in [0.1, 0.15) is 6.17 Å². The molecular formula is C22H25F4N5O3. The fourth-order valence-corrected chi connectivity index (χ4v) is 4.48. The molecule has 2 saturated heterocycles. The Morgan fingerprint density at radius 2 is 1.91 bits per heavy atom. The fourth-order valence-electron chi connectivity index (χ4n) is 4.48. The van der Waals surface area contributed by atoms with E-state index in [1.165, 1.54) is 18.3 Å². The van der Waals surface area contributed by atoms with Crippen molar-refractivity contribution in [2.24, 2.45) is 0 Å². The van der Waals surface area contributed by atoms with Gasteiger partial charge < -0.3 is 14.9 Å². The van der Waals surface area contributed by atoms with Crippen LogP contribution in [-0.4, -0.2) is 81.6 Å². The summed E-state index contributed by atoms with van der Waals surface area (Å²) < 4.78 is 54.7. The van der Waals surface area contributed by atoms with E-state index >= 15 is 0 Å². The number of aromatic nitrogens is 2. The second-order valence-electron chi connectivity index (χ2n) is 8.68. The van der Waals surface area contributed by atoms with Gasteiger partial charge in [0.05, 0.1) is 5.56 Å². The number of alkyl halides is 4. The smallest absolute Gasteiger partial charge is 0.416 e. The molecule has 0 saturated carbocycles. The van der Waals surface area contributed by atoms with Crippen LogP contribution in [-0.2, 0) is 12.7 Å². The average Bonchev–Trinajstić information content (AvgIpc) is 3.42. The highest BCUT2D eigenvalue weighted by Crippen LogP contribution is 2.35. The van der Waals surface area contributed by atoms with Crippen molar-refractivity contribution in [1.29, 1.82) is 0 Å². The van der Waals surface area contributed by atoms with Gasteiger partial charge in [-0.3, -0.25) is 4.90 Å². The van der Waals surface area contributed by atoms with Gasteiger partial charge in [-0.15, -0.1) is 0 Å². The quantitative estimate of drug-likeness (QED) is 0.672. The first kappa shape index (κ1) is 24.0. The van der Waals surface area contributed by atoms with Crippen molar-refractivity contribution in [3.8, 4) is 0 Å². The third kappa shape index (κ3) is 5.01. The Kier molecular flexibility index (Phi) is 6.52. The largest absolute Gasteiger partial charge is 0.476 e. The van der Waals surface area contributed by atoms with Crippen LogP contribution in [0.1, 0.15) is 35.0 Å². The number of rotatable bonds is 4. The molecule has 8 nitrogen and oxygen atoms in total. The van der Waals surface area contributed by atoms with Gasteiger partial charge >= 0.3 is 18.2 Å². The highest BCUT2D eigenvalue weighted by Gasteiger charge is 2.34. The van der Waals surface area contributed by atoms with E-state index in [0.29, 0.717) is 44.0 Å². The number of anilines is 1. The van der Waals surface area contributed by atoms with Gasteiger partial charge in [0, 0.05) is 57.2 Å². The number of aromatic carboxylic acids is 1. The van der Waals surface area contributed by atoms with E-state index in [2.05, 4.69) is 5.10 Å². The highest BCUT2D eigenvalue weighted by molar-refractivity contribution is 5.86. The molecule has 2 aliphatic rings. The minimum absolute atomic E-state index is 0.0647. The number of benzene rings is 1. The molecule has 0 unspecified atom stereocenters. The molecule has 4 rings (SSSR count). The van der Waals surface area contributed by atoms with E-state index in [0.717, 1.165) is 16.8 Å². The van der Waals surface area contributed by atoms with Crippen molar-refractivity contribution in [1.82, 2.24) is 19.6 Å². The number of amides is 1. The minimum Gasteiger partial charge on any atom is -0.476 e. The van der Waals surface area contributed by atoms with Gasteiger partial charge in [-0.1, -0.05) is 6.07 Å². The molecule has 0 bridgehead atoms. The Bertz CT molecular complexity index is 1070. The van der Waals surface area contributed by atoms with Crippen LogP contribution < -0.4 is 4.90 Å². The molecule has 3 heterocycles. The predicted molar refractivity (Wildman–Crippen MR) is 115 cm³/mol. The number of carboxylic acid groups (broad SMARTS) is 1. The van der Waals surface area contributed by atoms with Gasteiger partial charge in [-0.05, 0) is 37.1 Å². The van der Waals surface area contributed by atoms with Crippen LogP contribution in [0.3, 0.4) is 0 Å². The Labute approximate surface area is 193 Å². The molecule has 0 aliphatic carbocycles. The Morgan fingerprint density at radius 1 is 1.15 bits per heavy atom. The van der Waals surface area contributed by atoms with Gasteiger partial charge in [0.15, 0.2) is 5.69 Å². The first-order valence-electron chi connectivity index (χ1n) is 10.9. The zero-order valence-electron chi connectivity index (χ0n) is 18.5. The van der Waals surface area contributed by atoms with Gasteiger partial charge in [-0.25, -0.2) is 14.0 Å². The molecule has 0 radical (unpaired) electrons. The summed E-state index contributed by atoms with van der Waals surface area (Å²) in [5.74, 6) is -1.23. The van der Waals surface area contributed by atoms with E-state index in [9.17, 15) is 27.2 Å². The Hall–Kier alpha value is -3.15. The topological polar surface area (TPSA) is 81.9 Å². The van der Waals surface area contributed by atoms with Crippen LogP contribution in [0.2, 0.25) is 0 Å². The lowest BCUT2D eigenvalue weighted by molar-refractivity contribution is -0.137. The molecule has 1 aromatic heterocycles. The summed E-state index contributed by atoms with van der Waals surface area (Å²) in [7, 11) is 0. The van der Waals surface area contributed by atoms with Crippen LogP contribution in [0.15, 0.2) is 30.5 Å². The second-order valence-corrected chi connectivity index (χ2v) is 8.68. The van der Waals surface area contributed by atoms with Crippen molar-refractivity contribution in [3.63, 3.8) is 0 Å². The lowest BCUT2D eigenvalue weighted by Gasteiger charge is -2.40. The third-order valence-corrected chi connectivity index (χ3v) is 6.24. The van der Waals surface area contributed by atoms with Crippen molar-refractivity contribution >= 4 is 17.7 Å². The summed E-state index contributed by atoms with van der Waals surface area (Å²) >= 11 is 0. The van der Waals surface area contributed by atoms with E-state index in [-0.39, 0.29) is 24.7 Å². The minimum atomic E-state index is -4.49. The van der Waals surface area contributed by atoms with E-state index in [1.807, 2.05) is 11.8 Å². The normalized spacial score (nSPS) is 21.8. The Morgan fingerprint density at radius 3 is 2.50 bits per heavy atom. The van der Waals surface area contributed by atoms with Gasteiger partial charge in [0.25, 0.3) is 0 Å². The lowest BCUT2D eigenvalue weighted by atomic mass is 10.1. The number of carbonyl (C=O) groups excluding carboxylic acids is 1. The van der Waals surface area contributed by atoms with Crippen LogP contribution in [0.25, 0.3) is 0 Å². The molecule has 1 amide bonds. The van der Waals surface area contributed by atoms with Crippen LogP contribution in [0.4, 0.5) is 28.0 Å². The third-order valence-electron chi connectivity index (χ3n) is 6.24. The number of hydrogen-bond acceptors (Lipinski definition) is 5. The fraction of sp³-hybridized carbons (Fsp3) is 0.500. The second kappa shape index (κ2) is 9.24. The van der Waals surface area contributed by atoms with Crippen LogP contribution in [0.5, 0.6) is 0 Å². The lowest BCUT2D eigenvalue weighted by Crippen LogP contribution is -2.54. The number of halogens is 4. The average molecular weight is 483 g/mol.